The molecule has 1 aromatic heterocycles. The third kappa shape index (κ3) is 5.06. The monoisotopic (exact) mass is 390 g/mol. The second-order valence-corrected chi connectivity index (χ2v) is 7.63. The van der Waals surface area contributed by atoms with Gasteiger partial charge in [0.1, 0.15) is 0 Å². The van der Waals surface area contributed by atoms with E-state index in [0.29, 0.717) is 24.7 Å². The van der Waals surface area contributed by atoms with E-state index in [9.17, 15) is 4.79 Å². The molecule has 1 amide bonds. The molecule has 0 spiro atoms. The molecule has 3 N–H and O–H groups in total. The van der Waals surface area contributed by atoms with Crippen molar-refractivity contribution in [3.63, 3.8) is 0 Å². The summed E-state index contributed by atoms with van der Waals surface area (Å²) in [7, 11) is 0. The molecular formula is C22H26N6O. The number of nitrogens with zero attached hydrogens (tertiary/aromatic N) is 4. The van der Waals surface area contributed by atoms with Gasteiger partial charge in [0.15, 0.2) is 0 Å². The fraction of sp³-hybridized carbons (Fsp3) is 0.364. The SMILES string of the molecule is N[C@@H]1CCC[C@H]1CC(=O)Nc1ccc(CCn2nnc(-c3ccccc3)n2)cc1. The largest absolute Gasteiger partial charge is 0.327 e. The summed E-state index contributed by atoms with van der Waals surface area (Å²) < 4.78 is 0. The lowest BCUT2D eigenvalue weighted by Gasteiger charge is -2.14. The molecule has 0 unspecified atom stereocenters. The smallest absolute Gasteiger partial charge is 0.224 e. The summed E-state index contributed by atoms with van der Waals surface area (Å²) in [6, 6.07) is 17.9. The van der Waals surface area contributed by atoms with E-state index in [1.807, 2.05) is 54.6 Å². The molecule has 7 heteroatoms. The summed E-state index contributed by atoms with van der Waals surface area (Å²) >= 11 is 0. The van der Waals surface area contributed by atoms with Gasteiger partial charge in [-0.25, -0.2) is 0 Å². The van der Waals surface area contributed by atoms with Gasteiger partial charge in [-0.15, -0.1) is 10.2 Å². The predicted octanol–water partition coefficient (Wildman–Crippen LogP) is 3.04. The predicted molar refractivity (Wildman–Crippen MR) is 112 cm³/mol. The number of nitrogens with one attached hydrogen (secondary N) is 1. The maximum absolute atomic E-state index is 12.2. The second-order valence-electron chi connectivity index (χ2n) is 7.63. The van der Waals surface area contributed by atoms with Gasteiger partial charge in [-0.05, 0) is 48.1 Å². The van der Waals surface area contributed by atoms with E-state index in [-0.39, 0.29) is 11.9 Å². The molecule has 0 saturated heterocycles. The highest BCUT2D eigenvalue weighted by Gasteiger charge is 2.25. The maximum Gasteiger partial charge on any atom is 0.224 e. The Morgan fingerprint density at radius 1 is 1.10 bits per heavy atom. The van der Waals surface area contributed by atoms with Crippen LogP contribution in [0.15, 0.2) is 54.6 Å². The topological polar surface area (TPSA) is 98.7 Å². The molecule has 1 heterocycles. The Morgan fingerprint density at radius 3 is 2.62 bits per heavy atom. The van der Waals surface area contributed by atoms with E-state index in [2.05, 4.69) is 20.7 Å². The van der Waals surface area contributed by atoms with Crippen LogP contribution in [-0.2, 0) is 17.8 Å². The Hall–Kier alpha value is -3.06. The van der Waals surface area contributed by atoms with Crippen LogP contribution in [0.5, 0.6) is 0 Å². The molecule has 0 bridgehead atoms. The third-order valence-corrected chi connectivity index (χ3v) is 5.49. The molecule has 1 aliphatic carbocycles. The molecule has 1 aliphatic rings. The molecule has 0 radical (unpaired) electrons. The van der Waals surface area contributed by atoms with E-state index in [4.69, 9.17) is 5.73 Å². The third-order valence-electron chi connectivity index (χ3n) is 5.49. The highest BCUT2D eigenvalue weighted by atomic mass is 16.1. The molecule has 2 aromatic carbocycles. The highest BCUT2D eigenvalue weighted by molar-refractivity contribution is 5.90. The van der Waals surface area contributed by atoms with Crippen molar-refractivity contribution < 1.29 is 4.79 Å². The normalized spacial score (nSPS) is 18.7. The Bertz CT molecular complexity index is 937. The van der Waals surface area contributed by atoms with Crippen LogP contribution in [0, 0.1) is 5.92 Å². The quantitative estimate of drug-likeness (QED) is 0.646. The number of carbonyl (C=O) groups excluding carboxylic acids is 1. The molecule has 150 valence electrons. The van der Waals surface area contributed by atoms with Crippen LogP contribution in [-0.4, -0.2) is 32.2 Å². The van der Waals surface area contributed by atoms with Gasteiger partial charge in [-0.2, -0.15) is 4.80 Å². The average Bonchev–Trinajstić information content (AvgIpc) is 3.37. The van der Waals surface area contributed by atoms with Gasteiger partial charge in [-0.1, -0.05) is 48.9 Å². The van der Waals surface area contributed by atoms with Crippen molar-refractivity contribution in [2.24, 2.45) is 11.7 Å². The molecule has 29 heavy (non-hydrogen) atoms. The first kappa shape index (κ1) is 19.3. The number of benzene rings is 2. The van der Waals surface area contributed by atoms with Gasteiger partial charge in [0.2, 0.25) is 11.7 Å². The summed E-state index contributed by atoms with van der Waals surface area (Å²) in [6.07, 6.45) is 4.50. The molecule has 3 aromatic rings. The van der Waals surface area contributed by atoms with Crippen molar-refractivity contribution in [1.82, 2.24) is 20.2 Å². The number of amides is 1. The number of carbonyl (C=O) groups is 1. The van der Waals surface area contributed by atoms with Crippen molar-refractivity contribution >= 4 is 11.6 Å². The van der Waals surface area contributed by atoms with Crippen molar-refractivity contribution in [3.05, 3.63) is 60.2 Å². The number of aryl methyl sites for hydroxylation is 2. The van der Waals surface area contributed by atoms with E-state index < -0.39 is 0 Å². The number of hydrogen-bond donors (Lipinski definition) is 2. The number of aromatic nitrogens is 4. The van der Waals surface area contributed by atoms with Crippen LogP contribution in [0.4, 0.5) is 5.69 Å². The number of nitrogens with two attached hydrogens (primary N) is 1. The zero-order valence-electron chi connectivity index (χ0n) is 16.4. The Balaban J connectivity index is 1.27. The lowest BCUT2D eigenvalue weighted by molar-refractivity contribution is -0.117. The maximum atomic E-state index is 12.2. The summed E-state index contributed by atoms with van der Waals surface area (Å²) in [4.78, 5) is 13.8. The van der Waals surface area contributed by atoms with Crippen molar-refractivity contribution in [1.29, 1.82) is 0 Å². The zero-order valence-corrected chi connectivity index (χ0v) is 16.4. The first-order chi connectivity index (χ1) is 14.2. The fourth-order valence-corrected chi connectivity index (χ4v) is 3.79. The zero-order chi connectivity index (χ0) is 20.1. The number of anilines is 1. The Morgan fingerprint density at radius 2 is 1.90 bits per heavy atom. The molecule has 2 atom stereocenters. The Kier molecular flexibility index (Phi) is 5.95. The minimum Gasteiger partial charge on any atom is -0.327 e. The van der Waals surface area contributed by atoms with E-state index in [1.54, 1.807) is 4.80 Å². The molecule has 7 nitrogen and oxygen atoms in total. The van der Waals surface area contributed by atoms with Crippen LogP contribution < -0.4 is 11.1 Å². The Labute approximate surface area is 170 Å². The van der Waals surface area contributed by atoms with Crippen LogP contribution in [0.25, 0.3) is 11.4 Å². The van der Waals surface area contributed by atoms with Crippen molar-refractivity contribution in [2.75, 3.05) is 5.32 Å². The minimum atomic E-state index is 0.0420. The first-order valence-corrected chi connectivity index (χ1v) is 10.1. The van der Waals surface area contributed by atoms with Crippen LogP contribution in [0.3, 0.4) is 0 Å². The van der Waals surface area contributed by atoms with E-state index in [1.165, 1.54) is 0 Å². The van der Waals surface area contributed by atoms with E-state index in [0.717, 1.165) is 42.5 Å². The van der Waals surface area contributed by atoms with Crippen molar-refractivity contribution in [2.45, 2.75) is 44.7 Å². The number of hydrogen-bond acceptors (Lipinski definition) is 5. The number of tetrazole rings is 1. The second kappa shape index (κ2) is 8.96. The summed E-state index contributed by atoms with van der Waals surface area (Å²) in [6.45, 7) is 0.644. The standard InChI is InChI=1S/C22H26N6O/c23-20-8-4-7-18(20)15-21(29)24-19-11-9-16(10-12-19)13-14-28-26-22(25-27-28)17-5-2-1-3-6-17/h1-3,5-6,9-12,18,20H,4,7-8,13-15,23H2,(H,24,29)/t18-,20+/m0/s1. The lowest BCUT2D eigenvalue weighted by atomic mass is 10.00. The van der Waals surface area contributed by atoms with Crippen LogP contribution in [0.1, 0.15) is 31.2 Å². The average molecular weight is 390 g/mol. The highest BCUT2D eigenvalue weighted by Crippen LogP contribution is 2.27. The van der Waals surface area contributed by atoms with Crippen LogP contribution in [0.2, 0.25) is 0 Å². The van der Waals surface area contributed by atoms with Gasteiger partial charge in [0.05, 0.1) is 6.54 Å². The summed E-state index contributed by atoms with van der Waals surface area (Å²) in [5.41, 5.74) is 8.98. The lowest BCUT2D eigenvalue weighted by Crippen LogP contribution is -2.28. The van der Waals surface area contributed by atoms with Crippen molar-refractivity contribution in [3.8, 4) is 11.4 Å². The summed E-state index contributed by atoms with van der Waals surface area (Å²) in [5, 5.41) is 15.7. The first-order valence-electron chi connectivity index (χ1n) is 10.1. The summed E-state index contributed by atoms with van der Waals surface area (Å²) in [5.74, 6) is 0.983. The van der Waals surface area contributed by atoms with E-state index >= 15 is 0 Å². The van der Waals surface area contributed by atoms with Gasteiger partial charge in [0, 0.05) is 23.7 Å². The van der Waals surface area contributed by atoms with Gasteiger partial charge in [0.25, 0.3) is 0 Å². The molecule has 1 fully saturated rings. The van der Waals surface area contributed by atoms with Gasteiger partial charge >= 0.3 is 0 Å². The van der Waals surface area contributed by atoms with Gasteiger partial charge < -0.3 is 11.1 Å². The van der Waals surface area contributed by atoms with Gasteiger partial charge in [-0.3, -0.25) is 4.79 Å². The molecular weight excluding hydrogens is 364 g/mol. The molecule has 0 aliphatic heterocycles. The van der Waals surface area contributed by atoms with Crippen LogP contribution >= 0.6 is 0 Å². The molecule has 1 saturated carbocycles. The minimum absolute atomic E-state index is 0.0420. The number of rotatable bonds is 7. The fourth-order valence-electron chi connectivity index (χ4n) is 3.79. The molecule has 4 rings (SSSR count).